The highest BCUT2D eigenvalue weighted by Gasteiger charge is 2.20. The number of rotatable bonds is 5. The van der Waals surface area contributed by atoms with Crippen LogP contribution in [-0.4, -0.2) is 11.0 Å². The molecule has 0 bridgehead atoms. The summed E-state index contributed by atoms with van der Waals surface area (Å²) < 4.78 is 5.77. The molecule has 1 saturated carbocycles. The summed E-state index contributed by atoms with van der Waals surface area (Å²) in [4.78, 5) is 4.39. The Labute approximate surface area is 123 Å². The van der Waals surface area contributed by atoms with Gasteiger partial charge in [-0.15, -0.1) is 0 Å². The maximum atomic E-state index is 6.09. The minimum atomic E-state index is 0.591. The van der Waals surface area contributed by atoms with Gasteiger partial charge in [-0.05, 0) is 43.5 Å². The van der Waals surface area contributed by atoms with E-state index >= 15 is 0 Å². The number of nitrogens with one attached hydrogen (secondary N) is 1. The van der Waals surface area contributed by atoms with Gasteiger partial charge in [-0.3, -0.25) is 0 Å². The van der Waals surface area contributed by atoms with Crippen LogP contribution < -0.4 is 10.1 Å². The predicted octanol–water partition coefficient (Wildman–Crippen LogP) is 4.09. The molecule has 0 saturated heterocycles. The Morgan fingerprint density at radius 1 is 1.35 bits per heavy atom. The molecule has 1 heterocycles. The van der Waals surface area contributed by atoms with Crippen LogP contribution in [0.5, 0.6) is 11.6 Å². The number of aromatic nitrogens is 1. The number of nitrogens with zero attached hydrogens (tertiary/aromatic N) is 1. The average molecular weight is 289 g/mol. The Hall–Kier alpha value is -1.58. The van der Waals surface area contributed by atoms with E-state index in [9.17, 15) is 0 Å². The molecule has 0 unspecified atom stereocenters. The second-order valence-electron chi connectivity index (χ2n) is 5.15. The van der Waals surface area contributed by atoms with E-state index in [2.05, 4.69) is 16.4 Å². The highest BCUT2D eigenvalue weighted by atomic mass is 35.5. The molecule has 4 heteroatoms. The molecule has 0 spiro atoms. The van der Waals surface area contributed by atoms with Gasteiger partial charge in [0.05, 0.1) is 5.02 Å². The van der Waals surface area contributed by atoms with E-state index in [1.807, 2.05) is 31.3 Å². The van der Waals surface area contributed by atoms with Crippen molar-refractivity contribution in [3.8, 4) is 11.6 Å². The highest BCUT2D eigenvalue weighted by molar-refractivity contribution is 6.32. The van der Waals surface area contributed by atoms with Crippen LogP contribution in [0.4, 0.5) is 0 Å². The van der Waals surface area contributed by atoms with Crippen molar-refractivity contribution in [3.05, 3.63) is 52.7 Å². The van der Waals surface area contributed by atoms with E-state index < -0.39 is 0 Å². The zero-order chi connectivity index (χ0) is 13.9. The Morgan fingerprint density at radius 2 is 2.15 bits per heavy atom. The Kier molecular flexibility index (Phi) is 3.90. The molecule has 0 amide bonds. The topological polar surface area (TPSA) is 34.2 Å². The lowest BCUT2D eigenvalue weighted by Crippen LogP contribution is -2.15. The highest BCUT2D eigenvalue weighted by Crippen LogP contribution is 2.29. The second-order valence-corrected chi connectivity index (χ2v) is 5.56. The van der Waals surface area contributed by atoms with Crippen LogP contribution in [0, 0.1) is 6.92 Å². The molecule has 2 aromatic rings. The third-order valence-electron chi connectivity index (χ3n) is 3.30. The van der Waals surface area contributed by atoms with Crippen LogP contribution in [-0.2, 0) is 6.54 Å². The van der Waals surface area contributed by atoms with E-state index in [4.69, 9.17) is 16.3 Å². The maximum absolute atomic E-state index is 6.09. The van der Waals surface area contributed by atoms with E-state index in [1.54, 1.807) is 6.07 Å². The summed E-state index contributed by atoms with van der Waals surface area (Å²) in [5.74, 6) is 1.24. The van der Waals surface area contributed by atoms with E-state index in [-0.39, 0.29) is 0 Å². The van der Waals surface area contributed by atoms with Crippen molar-refractivity contribution < 1.29 is 4.74 Å². The van der Waals surface area contributed by atoms with Crippen molar-refractivity contribution in [2.45, 2.75) is 32.4 Å². The first kappa shape index (κ1) is 13.4. The van der Waals surface area contributed by atoms with Crippen LogP contribution in [0.1, 0.15) is 24.0 Å². The summed E-state index contributed by atoms with van der Waals surface area (Å²) >= 11 is 6.09. The molecule has 20 heavy (non-hydrogen) atoms. The molecule has 1 N–H and O–H groups in total. The SMILES string of the molecule is Cc1cc(CNC2CC2)cnc1Oc1ccccc1Cl. The molecule has 104 valence electrons. The van der Waals surface area contributed by atoms with Crippen molar-refractivity contribution in [1.82, 2.24) is 10.3 Å². The van der Waals surface area contributed by atoms with Crippen molar-refractivity contribution in [2.24, 2.45) is 0 Å². The number of pyridine rings is 1. The van der Waals surface area contributed by atoms with Crippen LogP contribution >= 0.6 is 11.6 Å². The van der Waals surface area contributed by atoms with Gasteiger partial charge in [0.1, 0.15) is 5.75 Å². The zero-order valence-electron chi connectivity index (χ0n) is 11.4. The first-order valence-corrected chi connectivity index (χ1v) is 7.21. The smallest absolute Gasteiger partial charge is 0.222 e. The van der Waals surface area contributed by atoms with Gasteiger partial charge in [0.25, 0.3) is 0 Å². The summed E-state index contributed by atoms with van der Waals surface area (Å²) in [5.41, 5.74) is 2.20. The average Bonchev–Trinajstić information content (AvgIpc) is 3.26. The first-order valence-electron chi connectivity index (χ1n) is 6.83. The molecular formula is C16H17ClN2O. The predicted molar refractivity (Wildman–Crippen MR) is 80.4 cm³/mol. The molecule has 3 rings (SSSR count). The number of halogens is 1. The monoisotopic (exact) mass is 288 g/mol. The van der Waals surface area contributed by atoms with Gasteiger partial charge in [-0.25, -0.2) is 4.98 Å². The maximum Gasteiger partial charge on any atom is 0.222 e. The fourth-order valence-electron chi connectivity index (χ4n) is 2.01. The van der Waals surface area contributed by atoms with Crippen LogP contribution in [0.2, 0.25) is 5.02 Å². The zero-order valence-corrected chi connectivity index (χ0v) is 12.2. The fraction of sp³-hybridized carbons (Fsp3) is 0.312. The van der Waals surface area contributed by atoms with Gasteiger partial charge in [-0.2, -0.15) is 0 Å². The number of aryl methyl sites for hydroxylation is 1. The summed E-state index contributed by atoms with van der Waals surface area (Å²) in [6.07, 6.45) is 4.44. The van der Waals surface area contributed by atoms with Crippen molar-refractivity contribution >= 4 is 11.6 Å². The fourth-order valence-corrected chi connectivity index (χ4v) is 2.18. The minimum Gasteiger partial charge on any atom is -0.437 e. The lowest BCUT2D eigenvalue weighted by molar-refractivity contribution is 0.458. The van der Waals surface area contributed by atoms with E-state index in [0.29, 0.717) is 22.7 Å². The van der Waals surface area contributed by atoms with Gasteiger partial charge in [0.15, 0.2) is 0 Å². The minimum absolute atomic E-state index is 0.591. The molecule has 0 radical (unpaired) electrons. The van der Waals surface area contributed by atoms with Gasteiger partial charge in [0.2, 0.25) is 5.88 Å². The number of ether oxygens (including phenoxy) is 1. The molecule has 1 aromatic carbocycles. The summed E-state index contributed by atoms with van der Waals surface area (Å²) in [7, 11) is 0. The van der Waals surface area contributed by atoms with Gasteiger partial charge in [0, 0.05) is 24.3 Å². The molecule has 1 aliphatic rings. The number of benzene rings is 1. The Balaban J connectivity index is 1.71. The molecule has 0 aliphatic heterocycles. The number of hydrogen-bond acceptors (Lipinski definition) is 3. The largest absolute Gasteiger partial charge is 0.437 e. The molecule has 1 aliphatic carbocycles. The van der Waals surface area contributed by atoms with Gasteiger partial charge in [-0.1, -0.05) is 23.7 Å². The van der Waals surface area contributed by atoms with Crippen molar-refractivity contribution in [3.63, 3.8) is 0 Å². The second kappa shape index (κ2) is 5.81. The molecule has 3 nitrogen and oxygen atoms in total. The van der Waals surface area contributed by atoms with E-state index in [1.165, 1.54) is 18.4 Å². The van der Waals surface area contributed by atoms with Crippen LogP contribution in [0.3, 0.4) is 0 Å². The molecular weight excluding hydrogens is 272 g/mol. The van der Waals surface area contributed by atoms with Crippen molar-refractivity contribution in [2.75, 3.05) is 0 Å². The lowest BCUT2D eigenvalue weighted by atomic mass is 10.2. The summed E-state index contributed by atoms with van der Waals surface area (Å²) in [6.45, 7) is 2.87. The van der Waals surface area contributed by atoms with Crippen LogP contribution in [0.15, 0.2) is 36.5 Å². The quantitative estimate of drug-likeness (QED) is 0.900. The molecule has 1 aromatic heterocycles. The third kappa shape index (κ3) is 3.30. The standard InChI is InChI=1S/C16H17ClN2O/c1-11-8-12(9-18-13-6-7-13)10-19-16(11)20-15-5-3-2-4-14(15)17/h2-5,8,10,13,18H,6-7,9H2,1H3. The first-order chi connectivity index (χ1) is 9.72. The van der Waals surface area contributed by atoms with E-state index in [0.717, 1.165) is 12.1 Å². The molecule has 0 atom stereocenters. The Morgan fingerprint density at radius 3 is 2.85 bits per heavy atom. The van der Waals surface area contributed by atoms with Crippen molar-refractivity contribution in [1.29, 1.82) is 0 Å². The number of para-hydroxylation sites is 1. The van der Waals surface area contributed by atoms with Gasteiger partial charge < -0.3 is 10.1 Å². The summed E-state index contributed by atoms with van der Waals surface area (Å²) in [6, 6.07) is 10.2. The normalized spacial score (nSPS) is 14.3. The third-order valence-corrected chi connectivity index (χ3v) is 3.61. The molecule has 1 fully saturated rings. The van der Waals surface area contributed by atoms with Gasteiger partial charge >= 0.3 is 0 Å². The number of hydrogen-bond donors (Lipinski definition) is 1. The Bertz CT molecular complexity index is 611. The summed E-state index contributed by atoms with van der Waals surface area (Å²) in [5, 5.41) is 4.07. The van der Waals surface area contributed by atoms with Crippen LogP contribution in [0.25, 0.3) is 0 Å². The lowest BCUT2D eigenvalue weighted by Gasteiger charge is -2.10.